The third-order valence-corrected chi connectivity index (χ3v) is 5.01. The predicted octanol–water partition coefficient (Wildman–Crippen LogP) is 3.03. The van der Waals surface area contributed by atoms with Crippen LogP contribution in [0.4, 0.5) is 0 Å². The molecular formula is C17H28N2O. The Morgan fingerprint density at radius 3 is 2.85 bits per heavy atom. The van der Waals surface area contributed by atoms with Gasteiger partial charge in [-0.25, -0.2) is 0 Å². The van der Waals surface area contributed by atoms with Gasteiger partial charge < -0.3 is 10.5 Å². The van der Waals surface area contributed by atoms with E-state index < -0.39 is 0 Å². The van der Waals surface area contributed by atoms with Gasteiger partial charge in [-0.2, -0.15) is 0 Å². The Labute approximate surface area is 123 Å². The minimum Gasteiger partial charge on any atom is -0.497 e. The Morgan fingerprint density at radius 2 is 2.25 bits per heavy atom. The maximum absolute atomic E-state index is 6.13. The van der Waals surface area contributed by atoms with Gasteiger partial charge >= 0.3 is 0 Å². The summed E-state index contributed by atoms with van der Waals surface area (Å²) in [4.78, 5) is 2.46. The fraction of sp³-hybridized carbons (Fsp3) is 0.647. The smallest absolute Gasteiger partial charge is 0.119 e. The van der Waals surface area contributed by atoms with Crippen molar-refractivity contribution in [2.45, 2.75) is 44.7 Å². The molecule has 1 aromatic carbocycles. The van der Waals surface area contributed by atoms with Gasteiger partial charge in [-0.1, -0.05) is 25.5 Å². The van der Waals surface area contributed by atoms with Gasteiger partial charge in [-0.3, -0.25) is 4.90 Å². The fourth-order valence-electron chi connectivity index (χ4n) is 3.46. The van der Waals surface area contributed by atoms with Crippen molar-refractivity contribution < 1.29 is 4.74 Å². The number of rotatable bonds is 6. The van der Waals surface area contributed by atoms with Crippen LogP contribution in [0, 0.1) is 5.92 Å². The molecular weight excluding hydrogens is 248 g/mol. The topological polar surface area (TPSA) is 38.5 Å². The summed E-state index contributed by atoms with van der Waals surface area (Å²) in [7, 11) is 3.93. The normalized spacial score (nSPS) is 26.1. The van der Waals surface area contributed by atoms with E-state index in [0.717, 1.165) is 24.8 Å². The van der Waals surface area contributed by atoms with Gasteiger partial charge in [0.05, 0.1) is 7.11 Å². The standard InChI is InChI=1S/C17H28N2O/c1-4-14-8-9-17(11-14,13-18)19(2)12-15-6-5-7-16(10-15)20-3/h5-7,10,14H,4,8-9,11-13,18H2,1-3H3. The van der Waals surface area contributed by atoms with Crippen molar-refractivity contribution in [2.75, 3.05) is 20.7 Å². The van der Waals surface area contributed by atoms with Gasteiger partial charge in [0.1, 0.15) is 5.75 Å². The van der Waals surface area contributed by atoms with Gasteiger partial charge in [0.2, 0.25) is 0 Å². The molecule has 3 nitrogen and oxygen atoms in total. The largest absolute Gasteiger partial charge is 0.497 e. The third-order valence-electron chi connectivity index (χ3n) is 5.01. The maximum Gasteiger partial charge on any atom is 0.119 e. The van der Waals surface area contributed by atoms with Crippen LogP contribution in [0.2, 0.25) is 0 Å². The van der Waals surface area contributed by atoms with Crippen LogP contribution in [-0.4, -0.2) is 31.1 Å². The lowest BCUT2D eigenvalue weighted by molar-refractivity contribution is 0.119. The second-order valence-corrected chi connectivity index (χ2v) is 6.15. The van der Waals surface area contributed by atoms with Crippen molar-refractivity contribution in [3.05, 3.63) is 29.8 Å². The molecule has 20 heavy (non-hydrogen) atoms. The Kier molecular flexibility index (Phi) is 5.06. The van der Waals surface area contributed by atoms with Crippen LogP contribution in [0.15, 0.2) is 24.3 Å². The summed E-state index contributed by atoms with van der Waals surface area (Å²) in [5.74, 6) is 1.77. The predicted molar refractivity (Wildman–Crippen MR) is 83.9 cm³/mol. The minimum atomic E-state index is 0.184. The van der Waals surface area contributed by atoms with Crippen LogP contribution in [0.1, 0.15) is 38.2 Å². The first kappa shape index (κ1) is 15.3. The number of nitrogens with two attached hydrogens (primary N) is 1. The van der Waals surface area contributed by atoms with E-state index >= 15 is 0 Å². The van der Waals surface area contributed by atoms with Crippen LogP contribution < -0.4 is 10.5 Å². The average Bonchev–Trinajstić information content (AvgIpc) is 2.92. The summed E-state index contributed by atoms with van der Waals surface area (Å²) in [6.07, 6.45) is 5.05. The van der Waals surface area contributed by atoms with Crippen LogP contribution in [0.3, 0.4) is 0 Å². The quantitative estimate of drug-likeness (QED) is 0.868. The van der Waals surface area contributed by atoms with Crippen molar-refractivity contribution in [3.63, 3.8) is 0 Å². The van der Waals surface area contributed by atoms with Crippen LogP contribution in [0.5, 0.6) is 5.75 Å². The van der Waals surface area contributed by atoms with Gasteiger partial charge in [-0.15, -0.1) is 0 Å². The molecule has 112 valence electrons. The molecule has 2 atom stereocenters. The molecule has 2 N–H and O–H groups in total. The molecule has 1 aromatic rings. The first-order valence-electron chi connectivity index (χ1n) is 7.68. The van der Waals surface area contributed by atoms with Gasteiger partial charge in [0, 0.05) is 18.6 Å². The molecule has 3 heteroatoms. The van der Waals surface area contributed by atoms with E-state index in [1.54, 1.807) is 7.11 Å². The molecule has 0 bridgehead atoms. The summed E-state index contributed by atoms with van der Waals surface area (Å²) >= 11 is 0. The van der Waals surface area contributed by atoms with Crippen molar-refractivity contribution in [1.29, 1.82) is 0 Å². The highest BCUT2D eigenvalue weighted by molar-refractivity contribution is 5.28. The summed E-state index contributed by atoms with van der Waals surface area (Å²) in [5, 5.41) is 0. The number of methoxy groups -OCH3 is 1. The van der Waals surface area contributed by atoms with Gasteiger partial charge in [0.25, 0.3) is 0 Å². The number of likely N-dealkylation sites (N-methyl/N-ethyl adjacent to an activating group) is 1. The van der Waals surface area contributed by atoms with Gasteiger partial charge in [0.15, 0.2) is 0 Å². The van der Waals surface area contributed by atoms with E-state index in [2.05, 4.69) is 37.1 Å². The summed E-state index contributed by atoms with van der Waals surface area (Å²) in [6, 6.07) is 8.33. The van der Waals surface area contributed by atoms with Crippen molar-refractivity contribution in [1.82, 2.24) is 4.90 Å². The molecule has 0 saturated heterocycles. The molecule has 1 aliphatic carbocycles. The minimum absolute atomic E-state index is 0.184. The number of hydrogen-bond acceptors (Lipinski definition) is 3. The van der Waals surface area contributed by atoms with Crippen LogP contribution in [0.25, 0.3) is 0 Å². The van der Waals surface area contributed by atoms with E-state index in [-0.39, 0.29) is 5.54 Å². The molecule has 1 fully saturated rings. The molecule has 2 rings (SSSR count). The highest BCUT2D eigenvalue weighted by Crippen LogP contribution is 2.40. The highest BCUT2D eigenvalue weighted by Gasteiger charge is 2.40. The number of hydrogen-bond donors (Lipinski definition) is 1. The molecule has 0 spiro atoms. The second kappa shape index (κ2) is 6.59. The monoisotopic (exact) mass is 276 g/mol. The molecule has 1 aliphatic rings. The van der Waals surface area contributed by atoms with E-state index in [9.17, 15) is 0 Å². The summed E-state index contributed by atoms with van der Waals surface area (Å²) < 4.78 is 5.30. The maximum atomic E-state index is 6.13. The Hall–Kier alpha value is -1.06. The number of benzene rings is 1. The van der Waals surface area contributed by atoms with Crippen molar-refractivity contribution >= 4 is 0 Å². The molecule has 1 saturated carbocycles. The van der Waals surface area contributed by atoms with Crippen LogP contribution >= 0.6 is 0 Å². The first-order chi connectivity index (χ1) is 9.63. The molecule has 0 amide bonds. The fourth-order valence-corrected chi connectivity index (χ4v) is 3.46. The van der Waals surface area contributed by atoms with E-state index in [1.807, 2.05) is 6.07 Å². The zero-order valence-corrected chi connectivity index (χ0v) is 13.1. The number of nitrogens with zero attached hydrogens (tertiary/aromatic N) is 1. The molecule has 0 aliphatic heterocycles. The second-order valence-electron chi connectivity index (χ2n) is 6.15. The Balaban J connectivity index is 2.07. The lowest BCUT2D eigenvalue weighted by Gasteiger charge is -2.38. The summed E-state index contributed by atoms with van der Waals surface area (Å²) in [6.45, 7) is 3.98. The van der Waals surface area contributed by atoms with E-state index in [0.29, 0.717) is 0 Å². The molecule has 0 heterocycles. The lowest BCUT2D eigenvalue weighted by atomic mass is 9.92. The Bertz CT molecular complexity index is 435. The SMILES string of the molecule is CCC1CCC(CN)(N(C)Cc2cccc(OC)c2)C1. The van der Waals surface area contributed by atoms with E-state index in [1.165, 1.54) is 31.2 Å². The van der Waals surface area contributed by atoms with Crippen LogP contribution in [-0.2, 0) is 6.54 Å². The third kappa shape index (κ3) is 3.15. The molecule has 0 radical (unpaired) electrons. The Morgan fingerprint density at radius 1 is 1.45 bits per heavy atom. The zero-order valence-electron chi connectivity index (χ0n) is 13.1. The van der Waals surface area contributed by atoms with Crippen molar-refractivity contribution in [3.8, 4) is 5.75 Å². The lowest BCUT2D eigenvalue weighted by Crippen LogP contribution is -2.49. The average molecular weight is 276 g/mol. The zero-order chi connectivity index (χ0) is 14.6. The number of ether oxygens (including phenoxy) is 1. The molecule has 0 aromatic heterocycles. The first-order valence-corrected chi connectivity index (χ1v) is 7.68. The summed E-state index contributed by atoms with van der Waals surface area (Å²) in [5.41, 5.74) is 7.61. The van der Waals surface area contributed by atoms with Gasteiger partial charge in [-0.05, 0) is 49.9 Å². The molecule has 2 unspecified atom stereocenters. The van der Waals surface area contributed by atoms with E-state index in [4.69, 9.17) is 10.5 Å². The van der Waals surface area contributed by atoms with Crippen molar-refractivity contribution in [2.24, 2.45) is 11.7 Å². The highest BCUT2D eigenvalue weighted by atomic mass is 16.5.